The Kier molecular flexibility index (Phi) is 4.82. The van der Waals surface area contributed by atoms with Crippen LogP contribution in [0.1, 0.15) is 27.2 Å². The number of nitrogens with two attached hydrogens (primary N) is 1. The number of nitrogens with zero attached hydrogens (tertiary/aromatic N) is 2. The Balaban J connectivity index is 2.36. The standard InChI is InChI=1S/C16H23N5O/c1-5-16(2,3)20-13-7-6-11(8-14(13)21-22-4)12-9-18-15(17)19-10-12/h6-10,20-21H,5H2,1-4H3,(H2,17,18,19). The minimum Gasteiger partial charge on any atom is -0.378 e. The Labute approximate surface area is 131 Å². The zero-order valence-electron chi connectivity index (χ0n) is 13.5. The summed E-state index contributed by atoms with van der Waals surface area (Å²) in [6, 6.07) is 6.03. The average Bonchev–Trinajstić information content (AvgIpc) is 2.50. The van der Waals surface area contributed by atoms with Crippen molar-refractivity contribution in [2.75, 3.05) is 23.6 Å². The van der Waals surface area contributed by atoms with Crippen LogP contribution < -0.4 is 16.5 Å². The summed E-state index contributed by atoms with van der Waals surface area (Å²) in [5.41, 5.74) is 12.2. The normalized spacial score (nSPS) is 11.3. The van der Waals surface area contributed by atoms with Crippen LogP contribution in [0, 0.1) is 0 Å². The van der Waals surface area contributed by atoms with E-state index in [9.17, 15) is 0 Å². The molecule has 0 spiro atoms. The van der Waals surface area contributed by atoms with Crippen molar-refractivity contribution < 1.29 is 4.84 Å². The number of hydrogen-bond donors (Lipinski definition) is 3. The number of benzene rings is 1. The van der Waals surface area contributed by atoms with Gasteiger partial charge in [0, 0.05) is 23.5 Å². The van der Waals surface area contributed by atoms with Gasteiger partial charge in [-0.2, -0.15) is 0 Å². The Bertz CT molecular complexity index is 625. The Hall–Kier alpha value is -2.34. The van der Waals surface area contributed by atoms with E-state index in [1.807, 2.05) is 18.2 Å². The third kappa shape index (κ3) is 3.85. The maximum atomic E-state index is 5.53. The summed E-state index contributed by atoms with van der Waals surface area (Å²) >= 11 is 0. The molecule has 2 aromatic rings. The van der Waals surface area contributed by atoms with E-state index >= 15 is 0 Å². The maximum absolute atomic E-state index is 5.53. The molecule has 0 aliphatic carbocycles. The van der Waals surface area contributed by atoms with E-state index in [0.29, 0.717) is 0 Å². The molecule has 0 amide bonds. The quantitative estimate of drug-likeness (QED) is 0.710. The Morgan fingerprint density at radius 3 is 2.41 bits per heavy atom. The van der Waals surface area contributed by atoms with Crippen LogP contribution in [0.3, 0.4) is 0 Å². The predicted molar refractivity (Wildman–Crippen MR) is 90.5 cm³/mol. The fraction of sp³-hybridized carbons (Fsp3) is 0.375. The topological polar surface area (TPSA) is 85.1 Å². The molecule has 1 aromatic carbocycles. The van der Waals surface area contributed by atoms with E-state index in [1.54, 1.807) is 19.5 Å². The molecule has 0 radical (unpaired) electrons. The maximum Gasteiger partial charge on any atom is 0.219 e. The van der Waals surface area contributed by atoms with Gasteiger partial charge in [0.25, 0.3) is 0 Å². The minimum absolute atomic E-state index is 0.00397. The lowest BCUT2D eigenvalue weighted by Gasteiger charge is -2.27. The average molecular weight is 301 g/mol. The van der Waals surface area contributed by atoms with Crippen LogP contribution in [-0.4, -0.2) is 22.6 Å². The second-order valence-corrected chi connectivity index (χ2v) is 5.76. The summed E-state index contributed by atoms with van der Waals surface area (Å²) in [6.07, 6.45) is 4.42. The number of nitrogen functional groups attached to an aromatic ring is 1. The minimum atomic E-state index is -0.00397. The molecule has 4 N–H and O–H groups in total. The fourth-order valence-corrected chi connectivity index (χ4v) is 1.97. The molecule has 1 heterocycles. The lowest BCUT2D eigenvalue weighted by molar-refractivity contribution is 0.271. The van der Waals surface area contributed by atoms with Gasteiger partial charge in [0.1, 0.15) is 0 Å². The SMILES string of the molecule is CCC(C)(C)Nc1ccc(-c2cnc(N)nc2)cc1NOC. The molecule has 0 unspecified atom stereocenters. The smallest absolute Gasteiger partial charge is 0.219 e. The molecule has 0 atom stereocenters. The Morgan fingerprint density at radius 1 is 1.14 bits per heavy atom. The van der Waals surface area contributed by atoms with E-state index in [0.717, 1.165) is 28.9 Å². The van der Waals surface area contributed by atoms with Crippen molar-refractivity contribution in [3.8, 4) is 11.1 Å². The third-order valence-electron chi connectivity index (χ3n) is 3.59. The monoisotopic (exact) mass is 301 g/mol. The van der Waals surface area contributed by atoms with Crippen LogP contribution in [0.2, 0.25) is 0 Å². The zero-order valence-corrected chi connectivity index (χ0v) is 13.5. The van der Waals surface area contributed by atoms with Crippen molar-refractivity contribution in [1.29, 1.82) is 0 Å². The molecule has 22 heavy (non-hydrogen) atoms. The molecule has 0 saturated carbocycles. The predicted octanol–water partition coefficient (Wildman–Crippen LogP) is 3.30. The van der Waals surface area contributed by atoms with Crippen LogP contribution in [0.5, 0.6) is 0 Å². The van der Waals surface area contributed by atoms with Crippen LogP contribution in [-0.2, 0) is 4.84 Å². The molecule has 0 fully saturated rings. The molecule has 6 nitrogen and oxygen atoms in total. The molecule has 6 heteroatoms. The second-order valence-electron chi connectivity index (χ2n) is 5.76. The van der Waals surface area contributed by atoms with Gasteiger partial charge in [-0.3, -0.25) is 10.3 Å². The summed E-state index contributed by atoms with van der Waals surface area (Å²) in [6.45, 7) is 6.47. The number of hydrogen-bond acceptors (Lipinski definition) is 6. The molecular formula is C16H23N5O. The van der Waals surface area contributed by atoms with Crippen LogP contribution in [0.25, 0.3) is 11.1 Å². The molecule has 0 aliphatic rings. The van der Waals surface area contributed by atoms with Gasteiger partial charge in [0.05, 0.1) is 18.5 Å². The third-order valence-corrected chi connectivity index (χ3v) is 3.59. The van der Waals surface area contributed by atoms with Crippen molar-refractivity contribution in [2.45, 2.75) is 32.7 Å². The largest absolute Gasteiger partial charge is 0.378 e. The highest BCUT2D eigenvalue weighted by molar-refractivity contribution is 5.77. The second kappa shape index (κ2) is 6.62. The van der Waals surface area contributed by atoms with Gasteiger partial charge in [0.2, 0.25) is 5.95 Å². The fourth-order valence-electron chi connectivity index (χ4n) is 1.97. The van der Waals surface area contributed by atoms with E-state index in [4.69, 9.17) is 10.6 Å². The lowest BCUT2D eigenvalue weighted by atomic mass is 10.0. The van der Waals surface area contributed by atoms with Gasteiger partial charge in [0.15, 0.2) is 0 Å². The van der Waals surface area contributed by atoms with E-state index < -0.39 is 0 Å². The number of rotatable bonds is 6. The van der Waals surface area contributed by atoms with Crippen molar-refractivity contribution in [3.05, 3.63) is 30.6 Å². The van der Waals surface area contributed by atoms with E-state index in [-0.39, 0.29) is 11.5 Å². The van der Waals surface area contributed by atoms with E-state index in [1.165, 1.54) is 0 Å². The number of nitrogens with one attached hydrogen (secondary N) is 2. The van der Waals surface area contributed by atoms with Crippen molar-refractivity contribution in [3.63, 3.8) is 0 Å². The van der Waals surface area contributed by atoms with Gasteiger partial charge in [-0.05, 0) is 38.0 Å². The zero-order chi connectivity index (χ0) is 16.2. The highest BCUT2D eigenvalue weighted by Crippen LogP contribution is 2.31. The summed E-state index contributed by atoms with van der Waals surface area (Å²) in [7, 11) is 1.59. The van der Waals surface area contributed by atoms with Crippen molar-refractivity contribution in [1.82, 2.24) is 9.97 Å². The highest BCUT2D eigenvalue weighted by Gasteiger charge is 2.16. The molecule has 2 rings (SSSR count). The first-order chi connectivity index (χ1) is 10.4. The number of anilines is 3. The highest BCUT2D eigenvalue weighted by atomic mass is 16.6. The van der Waals surface area contributed by atoms with Crippen LogP contribution in [0.4, 0.5) is 17.3 Å². The van der Waals surface area contributed by atoms with Gasteiger partial charge in [-0.15, -0.1) is 0 Å². The van der Waals surface area contributed by atoms with Gasteiger partial charge >= 0.3 is 0 Å². The van der Waals surface area contributed by atoms with Crippen molar-refractivity contribution in [2.24, 2.45) is 0 Å². The molecular weight excluding hydrogens is 278 g/mol. The number of aromatic nitrogens is 2. The van der Waals surface area contributed by atoms with E-state index in [2.05, 4.69) is 41.5 Å². The lowest BCUT2D eigenvalue weighted by Crippen LogP contribution is -2.30. The van der Waals surface area contributed by atoms with Crippen LogP contribution >= 0.6 is 0 Å². The summed E-state index contributed by atoms with van der Waals surface area (Å²) in [4.78, 5) is 13.1. The first kappa shape index (κ1) is 16.0. The van der Waals surface area contributed by atoms with Gasteiger partial charge < -0.3 is 11.1 Å². The summed E-state index contributed by atoms with van der Waals surface area (Å²) < 4.78 is 0. The first-order valence-electron chi connectivity index (χ1n) is 7.24. The molecule has 0 aliphatic heterocycles. The Morgan fingerprint density at radius 2 is 1.82 bits per heavy atom. The summed E-state index contributed by atoms with van der Waals surface area (Å²) in [5.74, 6) is 0.266. The molecule has 1 aromatic heterocycles. The molecule has 118 valence electrons. The van der Waals surface area contributed by atoms with Gasteiger partial charge in [-0.1, -0.05) is 13.0 Å². The summed E-state index contributed by atoms with van der Waals surface area (Å²) in [5, 5.41) is 3.52. The van der Waals surface area contributed by atoms with Gasteiger partial charge in [-0.25, -0.2) is 9.97 Å². The molecule has 0 saturated heterocycles. The molecule has 0 bridgehead atoms. The van der Waals surface area contributed by atoms with Crippen LogP contribution in [0.15, 0.2) is 30.6 Å². The first-order valence-corrected chi connectivity index (χ1v) is 7.24. The van der Waals surface area contributed by atoms with Crippen molar-refractivity contribution >= 4 is 17.3 Å².